The number of benzene rings is 1. The molecular weight excluding hydrogens is 344 g/mol. The second-order valence-electron chi connectivity index (χ2n) is 6.42. The zero-order valence-corrected chi connectivity index (χ0v) is 16.8. The van der Waals surface area contributed by atoms with Gasteiger partial charge >= 0.3 is 6.03 Å². The lowest BCUT2D eigenvalue weighted by Gasteiger charge is -2.19. The lowest BCUT2D eigenvalue weighted by Crippen LogP contribution is -2.25. The van der Waals surface area contributed by atoms with E-state index in [0.29, 0.717) is 16.9 Å². The predicted molar refractivity (Wildman–Crippen MR) is 110 cm³/mol. The molecule has 138 valence electrons. The monoisotopic (exact) mass is 370 g/mol. The number of amides is 2. The smallest absolute Gasteiger partial charge is 0.308 e. The molecule has 0 unspecified atom stereocenters. The van der Waals surface area contributed by atoms with E-state index in [0.717, 1.165) is 29.8 Å². The first-order chi connectivity index (χ1) is 12.4. The summed E-state index contributed by atoms with van der Waals surface area (Å²) < 4.78 is 0. The highest BCUT2D eigenvalue weighted by Crippen LogP contribution is 2.18. The van der Waals surface area contributed by atoms with Gasteiger partial charge in [0.15, 0.2) is 5.13 Å². The minimum atomic E-state index is -0.304. The Morgan fingerprint density at radius 1 is 1.35 bits per heavy atom. The van der Waals surface area contributed by atoms with Gasteiger partial charge in [0.05, 0.1) is 5.69 Å². The van der Waals surface area contributed by atoms with E-state index in [1.807, 2.05) is 37.4 Å². The maximum atomic E-state index is 12.2. The van der Waals surface area contributed by atoms with Crippen LogP contribution in [-0.4, -0.2) is 29.0 Å². The average Bonchev–Trinajstić information content (AvgIpc) is 3.01. The van der Waals surface area contributed by atoms with Crippen LogP contribution < -0.4 is 10.6 Å². The number of aryl methyl sites for hydroxylation is 1. The van der Waals surface area contributed by atoms with Gasteiger partial charge in [0.2, 0.25) is 0 Å². The third-order valence-electron chi connectivity index (χ3n) is 3.96. The van der Waals surface area contributed by atoms with Gasteiger partial charge in [-0.3, -0.25) is 10.2 Å². The molecule has 26 heavy (non-hydrogen) atoms. The molecule has 0 fully saturated rings. The molecule has 0 aliphatic heterocycles. The zero-order valence-electron chi connectivity index (χ0n) is 16.0. The molecule has 1 heterocycles. The molecule has 2 aromatic rings. The summed E-state index contributed by atoms with van der Waals surface area (Å²) in [6, 6.07) is 5.86. The summed E-state index contributed by atoms with van der Waals surface area (Å²) in [5.41, 5.74) is 3.69. The number of rotatable bonds is 5. The van der Waals surface area contributed by atoms with Crippen LogP contribution in [0.4, 0.5) is 15.6 Å². The van der Waals surface area contributed by atoms with E-state index < -0.39 is 0 Å². The van der Waals surface area contributed by atoms with Crippen LogP contribution in [0, 0.1) is 18.8 Å². The van der Waals surface area contributed by atoms with E-state index in [2.05, 4.69) is 53.3 Å². The Morgan fingerprint density at radius 3 is 2.81 bits per heavy atom. The SMILES string of the molecule is CCC#Cc1cc(NC(=O)Nc2nc(CN(C)C(C)C)cs2)ccc1C. The lowest BCUT2D eigenvalue weighted by molar-refractivity contribution is 0.261. The number of thiazole rings is 1. The molecule has 1 aromatic carbocycles. The Hall–Kier alpha value is -2.36. The van der Waals surface area contributed by atoms with Gasteiger partial charge < -0.3 is 5.32 Å². The first-order valence-corrected chi connectivity index (χ1v) is 9.59. The zero-order chi connectivity index (χ0) is 19.1. The molecule has 5 nitrogen and oxygen atoms in total. The fourth-order valence-corrected chi connectivity index (χ4v) is 2.85. The molecule has 2 rings (SSSR count). The van der Waals surface area contributed by atoms with Crippen molar-refractivity contribution < 1.29 is 4.79 Å². The Balaban J connectivity index is 1.98. The van der Waals surface area contributed by atoms with E-state index in [4.69, 9.17) is 0 Å². The van der Waals surface area contributed by atoms with Crippen LogP contribution in [-0.2, 0) is 6.54 Å². The molecule has 0 spiro atoms. The fourth-order valence-electron chi connectivity index (χ4n) is 2.15. The van der Waals surface area contributed by atoms with Gasteiger partial charge in [0.1, 0.15) is 0 Å². The Labute approximate surface area is 159 Å². The van der Waals surface area contributed by atoms with Gasteiger partial charge in [0.25, 0.3) is 0 Å². The molecule has 6 heteroatoms. The third kappa shape index (κ3) is 5.87. The number of hydrogen-bond acceptors (Lipinski definition) is 4. The van der Waals surface area contributed by atoms with Crippen molar-refractivity contribution in [3.05, 3.63) is 40.4 Å². The standard InChI is InChI=1S/C20H26N4OS/c1-6-7-8-16-11-17(10-9-15(16)4)21-19(25)23-20-22-18(13-26-20)12-24(5)14(2)3/h9-11,13-14H,6,12H2,1-5H3,(H2,21,22,23,25). The second kappa shape index (κ2) is 9.37. The van der Waals surface area contributed by atoms with Crippen LogP contribution in [0.1, 0.15) is 44.0 Å². The summed E-state index contributed by atoms with van der Waals surface area (Å²) in [6.45, 7) is 9.06. The van der Waals surface area contributed by atoms with Gasteiger partial charge in [-0.05, 0) is 45.5 Å². The minimum Gasteiger partial charge on any atom is -0.308 e. The topological polar surface area (TPSA) is 57.3 Å². The molecule has 0 atom stereocenters. The lowest BCUT2D eigenvalue weighted by atomic mass is 10.1. The number of aromatic nitrogens is 1. The van der Waals surface area contributed by atoms with Crippen LogP contribution >= 0.6 is 11.3 Å². The van der Waals surface area contributed by atoms with Gasteiger partial charge in [-0.1, -0.05) is 24.8 Å². The largest absolute Gasteiger partial charge is 0.325 e. The van der Waals surface area contributed by atoms with E-state index in [1.165, 1.54) is 11.3 Å². The molecule has 0 bridgehead atoms. The number of hydrogen-bond donors (Lipinski definition) is 2. The summed E-state index contributed by atoms with van der Waals surface area (Å²) in [7, 11) is 2.06. The van der Waals surface area contributed by atoms with Crippen molar-refractivity contribution in [1.82, 2.24) is 9.88 Å². The molecule has 2 N–H and O–H groups in total. The summed E-state index contributed by atoms with van der Waals surface area (Å²) in [5.74, 6) is 6.18. The predicted octanol–water partition coefficient (Wildman–Crippen LogP) is 4.70. The fraction of sp³-hybridized carbons (Fsp3) is 0.400. The number of nitrogens with one attached hydrogen (secondary N) is 2. The van der Waals surface area contributed by atoms with E-state index >= 15 is 0 Å². The van der Waals surface area contributed by atoms with Gasteiger partial charge in [-0.2, -0.15) is 0 Å². The molecule has 0 aliphatic carbocycles. The van der Waals surface area contributed by atoms with Crippen molar-refractivity contribution in [3.8, 4) is 11.8 Å². The summed E-state index contributed by atoms with van der Waals surface area (Å²) >= 11 is 1.43. The molecular formula is C20H26N4OS. The number of nitrogens with zero attached hydrogens (tertiary/aromatic N) is 2. The van der Waals surface area contributed by atoms with Crippen LogP contribution in [0.3, 0.4) is 0 Å². The highest BCUT2D eigenvalue weighted by atomic mass is 32.1. The molecule has 0 saturated heterocycles. The molecule has 0 radical (unpaired) electrons. The third-order valence-corrected chi connectivity index (χ3v) is 4.77. The van der Waals surface area contributed by atoms with E-state index in [9.17, 15) is 4.79 Å². The maximum Gasteiger partial charge on any atom is 0.325 e. The average molecular weight is 371 g/mol. The van der Waals surface area contributed by atoms with Crippen molar-refractivity contribution in [2.45, 2.75) is 46.7 Å². The van der Waals surface area contributed by atoms with Crippen molar-refractivity contribution >= 4 is 28.2 Å². The number of urea groups is 1. The van der Waals surface area contributed by atoms with E-state index in [1.54, 1.807) is 0 Å². The van der Waals surface area contributed by atoms with Crippen molar-refractivity contribution in [1.29, 1.82) is 0 Å². The molecule has 0 aliphatic rings. The summed E-state index contributed by atoms with van der Waals surface area (Å²) in [5, 5.41) is 8.20. The van der Waals surface area contributed by atoms with Gasteiger partial charge in [-0.25, -0.2) is 9.78 Å². The Kier molecular flexibility index (Phi) is 7.19. The maximum absolute atomic E-state index is 12.2. The van der Waals surface area contributed by atoms with Crippen LogP contribution in [0.25, 0.3) is 0 Å². The van der Waals surface area contributed by atoms with E-state index in [-0.39, 0.29) is 6.03 Å². The van der Waals surface area contributed by atoms with Crippen LogP contribution in [0.2, 0.25) is 0 Å². The molecule has 2 amide bonds. The molecule has 1 aromatic heterocycles. The Bertz CT molecular complexity index is 817. The van der Waals surface area contributed by atoms with Crippen molar-refractivity contribution in [3.63, 3.8) is 0 Å². The number of anilines is 2. The first-order valence-electron chi connectivity index (χ1n) is 8.71. The van der Waals surface area contributed by atoms with Crippen LogP contribution in [0.5, 0.6) is 0 Å². The van der Waals surface area contributed by atoms with Crippen molar-refractivity contribution in [2.75, 3.05) is 17.7 Å². The number of carbonyl (C=O) groups excluding carboxylic acids is 1. The Morgan fingerprint density at radius 2 is 2.12 bits per heavy atom. The minimum absolute atomic E-state index is 0.304. The quantitative estimate of drug-likeness (QED) is 0.750. The van der Waals surface area contributed by atoms with Crippen molar-refractivity contribution in [2.24, 2.45) is 0 Å². The first kappa shape index (κ1) is 20.0. The molecule has 0 saturated carbocycles. The van der Waals surface area contributed by atoms with Crippen LogP contribution in [0.15, 0.2) is 23.6 Å². The highest BCUT2D eigenvalue weighted by molar-refractivity contribution is 7.13. The second-order valence-corrected chi connectivity index (χ2v) is 7.28. The van der Waals surface area contributed by atoms with Gasteiger partial charge in [0, 0.05) is 35.6 Å². The normalized spacial score (nSPS) is 10.6. The van der Waals surface area contributed by atoms with Gasteiger partial charge in [-0.15, -0.1) is 11.3 Å². The number of carbonyl (C=O) groups is 1. The summed E-state index contributed by atoms with van der Waals surface area (Å²) in [6.07, 6.45) is 0.802. The highest BCUT2D eigenvalue weighted by Gasteiger charge is 2.10. The summed E-state index contributed by atoms with van der Waals surface area (Å²) in [4.78, 5) is 18.9.